The minimum absolute atomic E-state index is 0.235. The first-order chi connectivity index (χ1) is 16.2. The molecule has 4 rings (SSSR count). The molecule has 10 heteroatoms. The van der Waals surface area contributed by atoms with E-state index in [-0.39, 0.29) is 11.4 Å². The number of hydrogen-bond acceptors (Lipinski definition) is 6. The predicted octanol–water partition coefficient (Wildman–Crippen LogP) is 4.04. The molecule has 0 saturated heterocycles. The van der Waals surface area contributed by atoms with Gasteiger partial charge in [-0.2, -0.15) is 13.2 Å². The van der Waals surface area contributed by atoms with Crippen molar-refractivity contribution in [1.29, 1.82) is 0 Å². The zero-order chi connectivity index (χ0) is 24.5. The van der Waals surface area contributed by atoms with Crippen LogP contribution in [0.15, 0.2) is 41.2 Å². The highest BCUT2D eigenvalue weighted by molar-refractivity contribution is 5.56. The monoisotopic (exact) mass is 475 g/mol. The quantitative estimate of drug-likeness (QED) is 0.580. The number of nitrogens with one attached hydrogen (secondary N) is 1. The van der Waals surface area contributed by atoms with E-state index in [2.05, 4.69) is 14.9 Å². The summed E-state index contributed by atoms with van der Waals surface area (Å²) in [6.07, 6.45) is -3.94. The predicted molar refractivity (Wildman–Crippen MR) is 119 cm³/mol. The van der Waals surface area contributed by atoms with Gasteiger partial charge in [0, 0.05) is 42.9 Å². The maximum atomic E-state index is 12.9. The number of ether oxygens (including phenoxy) is 3. The van der Waals surface area contributed by atoms with Crippen molar-refractivity contribution in [2.45, 2.75) is 25.7 Å². The second-order valence-corrected chi connectivity index (χ2v) is 7.89. The number of nitrogens with zero attached hydrogens (tertiary/aromatic N) is 2. The molecule has 2 aromatic carbocycles. The van der Waals surface area contributed by atoms with Crippen LogP contribution in [0.25, 0.3) is 11.4 Å². The lowest BCUT2D eigenvalue weighted by atomic mass is 10.0. The molecule has 0 atom stereocenters. The van der Waals surface area contributed by atoms with E-state index in [4.69, 9.17) is 14.2 Å². The van der Waals surface area contributed by atoms with Crippen LogP contribution in [0, 0.1) is 0 Å². The van der Waals surface area contributed by atoms with Crippen LogP contribution in [0.1, 0.15) is 22.4 Å². The van der Waals surface area contributed by atoms with Crippen LogP contribution in [0.3, 0.4) is 0 Å². The molecule has 0 fully saturated rings. The van der Waals surface area contributed by atoms with E-state index in [9.17, 15) is 18.0 Å². The van der Waals surface area contributed by atoms with Gasteiger partial charge in [-0.15, -0.1) is 0 Å². The first-order valence-corrected chi connectivity index (χ1v) is 10.5. The molecule has 34 heavy (non-hydrogen) atoms. The van der Waals surface area contributed by atoms with E-state index >= 15 is 0 Å². The Morgan fingerprint density at radius 3 is 2.24 bits per heavy atom. The minimum Gasteiger partial charge on any atom is -0.496 e. The Hall–Kier alpha value is -3.53. The largest absolute Gasteiger partial charge is 0.496 e. The molecule has 1 aliphatic rings. The summed E-state index contributed by atoms with van der Waals surface area (Å²) in [5.41, 5.74) is 1.38. The minimum atomic E-state index is -4.43. The molecule has 1 aromatic heterocycles. The smallest absolute Gasteiger partial charge is 0.416 e. The zero-order valence-corrected chi connectivity index (χ0v) is 19.0. The standard InChI is InChI=1S/C24H24F3N3O4/c1-32-16-10-20(33-2)18(21(11-16)34-3)12-30-9-8-17-19(13-30)28-22(29-23(17)31)14-4-6-15(7-5-14)24(25,26)27/h4-7,10-11H,8-9,12-13H2,1-3H3,(H,28,29,31). The molecule has 7 nitrogen and oxygen atoms in total. The van der Waals surface area contributed by atoms with Crippen LogP contribution in [0.2, 0.25) is 0 Å². The van der Waals surface area contributed by atoms with Crippen LogP contribution in [-0.2, 0) is 25.7 Å². The summed E-state index contributed by atoms with van der Waals surface area (Å²) >= 11 is 0. The van der Waals surface area contributed by atoms with E-state index in [0.29, 0.717) is 60.1 Å². The van der Waals surface area contributed by atoms with Gasteiger partial charge in [0.1, 0.15) is 23.1 Å². The fourth-order valence-electron chi connectivity index (χ4n) is 4.04. The summed E-state index contributed by atoms with van der Waals surface area (Å²) in [7, 11) is 4.70. The SMILES string of the molecule is COc1cc(OC)c(CN2CCc3c(nc(-c4ccc(C(F)(F)F)cc4)[nH]c3=O)C2)c(OC)c1. The molecule has 1 N–H and O–H groups in total. The highest BCUT2D eigenvalue weighted by Gasteiger charge is 2.30. The van der Waals surface area contributed by atoms with Crippen LogP contribution >= 0.6 is 0 Å². The van der Waals surface area contributed by atoms with Crippen LogP contribution in [0.4, 0.5) is 13.2 Å². The summed E-state index contributed by atoms with van der Waals surface area (Å²) in [4.78, 5) is 22.1. The summed E-state index contributed by atoms with van der Waals surface area (Å²) < 4.78 is 55.0. The molecule has 0 bridgehead atoms. The summed E-state index contributed by atoms with van der Waals surface area (Å²) in [5, 5.41) is 0. The van der Waals surface area contributed by atoms with Gasteiger partial charge in [-0.25, -0.2) is 4.98 Å². The Kier molecular flexibility index (Phi) is 6.52. The second kappa shape index (κ2) is 9.38. The average Bonchev–Trinajstić information content (AvgIpc) is 2.83. The second-order valence-electron chi connectivity index (χ2n) is 7.89. The average molecular weight is 475 g/mol. The fraction of sp³-hybridized carbons (Fsp3) is 0.333. The normalized spacial score (nSPS) is 13.9. The van der Waals surface area contributed by atoms with Crippen molar-refractivity contribution in [2.24, 2.45) is 0 Å². The number of rotatable bonds is 6. The molecule has 0 saturated carbocycles. The van der Waals surface area contributed by atoms with E-state index in [1.807, 2.05) is 0 Å². The van der Waals surface area contributed by atoms with Gasteiger partial charge in [-0.05, 0) is 18.6 Å². The molecule has 1 aliphatic heterocycles. The van der Waals surface area contributed by atoms with Gasteiger partial charge in [0.25, 0.3) is 5.56 Å². The van der Waals surface area contributed by atoms with Crippen LogP contribution < -0.4 is 19.8 Å². The number of alkyl halides is 3. The molecule has 0 unspecified atom stereocenters. The van der Waals surface area contributed by atoms with Gasteiger partial charge in [0.15, 0.2) is 0 Å². The molecule has 0 aliphatic carbocycles. The first-order valence-electron chi connectivity index (χ1n) is 10.5. The molecule has 0 spiro atoms. The van der Waals surface area contributed by atoms with Crippen molar-refractivity contribution in [3.63, 3.8) is 0 Å². The van der Waals surface area contributed by atoms with Gasteiger partial charge in [-0.1, -0.05) is 12.1 Å². The number of methoxy groups -OCH3 is 3. The molecule has 3 aromatic rings. The van der Waals surface area contributed by atoms with Crippen molar-refractivity contribution in [3.8, 4) is 28.6 Å². The molecular weight excluding hydrogens is 451 g/mol. The van der Waals surface area contributed by atoms with Gasteiger partial charge < -0.3 is 19.2 Å². The lowest BCUT2D eigenvalue weighted by Crippen LogP contribution is -2.35. The number of aromatic nitrogens is 2. The first kappa shape index (κ1) is 23.6. The number of halogens is 3. The number of benzene rings is 2. The molecule has 0 radical (unpaired) electrons. The van der Waals surface area contributed by atoms with Gasteiger partial charge in [0.05, 0.1) is 38.2 Å². The number of aromatic amines is 1. The Balaban J connectivity index is 1.62. The fourth-order valence-corrected chi connectivity index (χ4v) is 4.04. The van der Waals surface area contributed by atoms with E-state index in [0.717, 1.165) is 17.7 Å². The van der Waals surface area contributed by atoms with Gasteiger partial charge in [-0.3, -0.25) is 9.69 Å². The number of H-pyrrole nitrogens is 1. The van der Waals surface area contributed by atoms with Crippen molar-refractivity contribution in [2.75, 3.05) is 27.9 Å². The lowest BCUT2D eigenvalue weighted by molar-refractivity contribution is -0.137. The summed E-state index contributed by atoms with van der Waals surface area (Å²) in [5.74, 6) is 2.08. The van der Waals surface area contributed by atoms with Crippen LogP contribution in [0.5, 0.6) is 17.2 Å². The Bertz CT molecular complexity index is 1210. The molecular formula is C24H24F3N3O4. The summed E-state index contributed by atoms with van der Waals surface area (Å²) in [6, 6.07) is 8.12. The topological polar surface area (TPSA) is 76.7 Å². The van der Waals surface area contributed by atoms with E-state index in [1.165, 1.54) is 12.1 Å². The number of hydrogen-bond donors (Lipinski definition) is 1. The van der Waals surface area contributed by atoms with E-state index < -0.39 is 11.7 Å². The van der Waals surface area contributed by atoms with Crippen molar-refractivity contribution >= 4 is 0 Å². The maximum absolute atomic E-state index is 12.9. The van der Waals surface area contributed by atoms with Crippen molar-refractivity contribution in [1.82, 2.24) is 14.9 Å². The Morgan fingerprint density at radius 2 is 1.68 bits per heavy atom. The van der Waals surface area contributed by atoms with Gasteiger partial charge in [0.2, 0.25) is 0 Å². The third-order valence-corrected chi connectivity index (χ3v) is 5.84. The summed E-state index contributed by atoms with van der Waals surface area (Å²) in [6.45, 7) is 1.50. The Labute approximate surface area is 194 Å². The van der Waals surface area contributed by atoms with Gasteiger partial charge >= 0.3 is 6.18 Å². The van der Waals surface area contributed by atoms with E-state index in [1.54, 1.807) is 33.5 Å². The maximum Gasteiger partial charge on any atom is 0.416 e. The lowest BCUT2D eigenvalue weighted by Gasteiger charge is -2.29. The molecule has 180 valence electrons. The highest BCUT2D eigenvalue weighted by atomic mass is 19.4. The Morgan fingerprint density at radius 1 is 1.03 bits per heavy atom. The number of fused-ring (bicyclic) bond motifs is 1. The zero-order valence-electron chi connectivity index (χ0n) is 19.0. The van der Waals surface area contributed by atoms with Crippen molar-refractivity contribution < 1.29 is 27.4 Å². The van der Waals surface area contributed by atoms with Crippen molar-refractivity contribution in [3.05, 3.63) is 69.1 Å². The highest BCUT2D eigenvalue weighted by Crippen LogP contribution is 2.36. The third kappa shape index (κ3) is 4.72. The third-order valence-electron chi connectivity index (χ3n) is 5.84. The molecule has 0 amide bonds. The van der Waals surface area contributed by atoms with Crippen LogP contribution in [-0.4, -0.2) is 42.7 Å². The molecule has 2 heterocycles.